The van der Waals surface area contributed by atoms with Crippen LogP contribution in [0.1, 0.15) is 17.1 Å². The molecule has 1 aromatic carbocycles. The second kappa shape index (κ2) is 10.2. The third-order valence-electron chi connectivity index (χ3n) is 6.13. The molecule has 0 bridgehead atoms. The summed E-state index contributed by atoms with van der Waals surface area (Å²) < 4.78 is 5.58. The second-order valence-electron chi connectivity index (χ2n) is 8.29. The molecule has 33 heavy (non-hydrogen) atoms. The average Bonchev–Trinajstić information content (AvgIpc) is 3.22. The van der Waals surface area contributed by atoms with Gasteiger partial charge in [0.05, 0.1) is 13.0 Å². The van der Waals surface area contributed by atoms with Crippen LogP contribution in [0, 0.1) is 18.3 Å². The maximum absolute atomic E-state index is 12.8. The highest BCUT2D eigenvalue weighted by Gasteiger charge is 2.28. The number of carbonyl (C=O) groups excluding carboxylic acids is 2. The average molecular weight is 471 g/mol. The summed E-state index contributed by atoms with van der Waals surface area (Å²) in [6.07, 6.45) is 0.293. The standard InChI is InChI=1S/C23H27ClN6O3/c1-17-26-20(15-25)23(33-17)30-12-10-29(11-13-30)22(32)16-27-6-8-28(9-7-27)21(31)14-18-4-2-3-5-19(18)24/h2-5H,6-14,16H2,1H3. The minimum Gasteiger partial charge on any atom is -0.424 e. The molecule has 174 valence electrons. The third-order valence-corrected chi connectivity index (χ3v) is 6.49. The second-order valence-corrected chi connectivity index (χ2v) is 8.70. The molecule has 2 aliphatic rings. The zero-order valence-corrected chi connectivity index (χ0v) is 19.4. The van der Waals surface area contributed by atoms with E-state index in [0.717, 1.165) is 5.56 Å². The molecular formula is C23H27ClN6O3. The van der Waals surface area contributed by atoms with Crippen LogP contribution in [0.5, 0.6) is 0 Å². The van der Waals surface area contributed by atoms with E-state index >= 15 is 0 Å². The van der Waals surface area contributed by atoms with E-state index in [1.807, 2.05) is 32.9 Å². The Balaban J connectivity index is 1.22. The largest absolute Gasteiger partial charge is 0.424 e. The van der Waals surface area contributed by atoms with E-state index < -0.39 is 0 Å². The predicted octanol–water partition coefficient (Wildman–Crippen LogP) is 1.54. The van der Waals surface area contributed by atoms with Gasteiger partial charge in [0.25, 0.3) is 0 Å². The maximum atomic E-state index is 12.8. The quantitative estimate of drug-likeness (QED) is 0.653. The van der Waals surface area contributed by atoms with Crippen molar-refractivity contribution in [3.8, 4) is 6.07 Å². The van der Waals surface area contributed by atoms with E-state index in [9.17, 15) is 14.9 Å². The van der Waals surface area contributed by atoms with Crippen molar-refractivity contribution in [2.24, 2.45) is 0 Å². The van der Waals surface area contributed by atoms with Crippen LogP contribution in [0.3, 0.4) is 0 Å². The van der Waals surface area contributed by atoms with Gasteiger partial charge in [0.15, 0.2) is 5.89 Å². The molecule has 0 atom stereocenters. The molecule has 2 aromatic rings. The number of hydrogen-bond donors (Lipinski definition) is 0. The molecular weight excluding hydrogens is 444 g/mol. The third kappa shape index (κ3) is 5.46. The fourth-order valence-electron chi connectivity index (χ4n) is 4.23. The van der Waals surface area contributed by atoms with Crippen molar-refractivity contribution in [2.75, 3.05) is 63.8 Å². The molecule has 2 fully saturated rings. The molecule has 2 aliphatic heterocycles. The van der Waals surface area contributed by atoms with Gasteiger partial charge in [0, 0.05) is 64.3 Å². The number of nitriles is 1. The van der Waals surface area contributed by atoms with E-state index in [4.69, 9.17) is 16.0 Å². The molecule has 2 amide bonds. The van der Waals surface area contributed by atoms with E-state index in [0.29, 0.717) is 82.1 Å². The number of nitrogens with zero attached hydrogens (tertiary/aromatic N) is 6. The van der Waals surface area contributed by atoms with Crippen molar-refractivity contribution < 1.29 is 14.0 Å². The Morgan fingerprint density at radius 1 is 1.03 bits per heavy atom. The highest BCUT2D eigenvalue weighted by molar-refractivity contribution is 6.31. The Hall–Kier alpha value is -3.09. The van der Waals surface area contributed by atoms with Crippen molar-refractivity contribution >= 4 is 29.3 Å². The molecule has 10 heteroatoms. The van der Waals surface area contributed by atoms with Gasteiger partial charge >= 0.3 is 0 Å². The Morgan fingerprint density at radius 3 is 2.33 bits per heavy atom. The molecule has 0 aliphatic carbocycles. The number of halogens is 1. The van der Waals surface area contributed by atoms with Gasteiger partial charge in [-0.15, -0.1) is 0 Å². The van der Waals surface area contributed by atoms with Crippen molar-refractivity contribution in [1.29, 1.82) is 5.26 Å². The number of benzene rings is 1. The molecule has 0 radical (unpaired) electrons. The summed E-state index contributed by atoms with van der Waals surface area (Å²) in [5.74, 6) is 1.09. The highest BCUT2D eigenvalue weighted by atomic mass is 35.5. The number of rotatable bonds is 5. The van der Waals surface area contributed by atoms with Gasteiger partial charge in [-0.25, -0.2) is 4.98 Å². The van der Waals surface area contributed by atoms with Crippen molar-refractivity contribution in [2.45, 2.75) is 13.3 Å². The van der Waals surface area contributed by atoms with Gasteiger partial charge in [-0.05, 0) is 11.6 Å². The number of carbonyl (C=O) groups is 2. The summed E-state index contributed by atoms with van der Waals surface area (Å²) in [7, 11) is 0. The van der Waals surface area contributed by atoms with Crippen LogP contribution in [-0.2, 0) is 16.0 Å². The number of amides is 2. The SMILES string of the molecule is Cc1nc(C#N)c(N2CCN(C(=O)CN3CCN(C(=O)Cc4ccccc4Cl)CC3)CC2)o1. The van der Waals surface area contributed by atoms with E-state index in [2.05, 4.69) is 16.0 Å². The maximum Gasteiger partial charge on any atom is 0.236 e. The number of anilines is 1. The van der Waals surface area contributed by atoms with Crippen LogP contribution >= 0.6 is 11.6 Å². The zero-order chi connectivity index (χ0) is 23.4. The Bertz CT molecular complexity index is 1050. The number of hydrogen-bond acceptors (Lipinski definition) is 7. The van der Waals surface area contributed by atoms with Gasteiger partial charge in [0.2, 0.25) is 23.4 Å². The molecule has 0 N–H and O–H groups in total. The molecule has 4 rings (SSSR count). The molecule has 0 spiro atoms. The Kier molecular flexibility index (Phi) is 7.16. The van der Waals surface area contributed by atoms with Gasteiger partial charge in [-0.2, -0.15) is 5.26 Å². The molecule has 3 heterocycles. The van der Waals surface area contributed by atoms with Crippen LogP contribution in [0.25, 0.3) is 0 Å². The van der Waals surface area contributed by atoms with Crippen LogP contribution in [-0.4, -0.2) is 90.4 Å². The summed E-state index contributed by atoms with van der Waals surface area (Å²) in [4.78, 5) is 37.3. The highest BCUT2D eigenvalue weighted by Crippen LogP contribution is 2.23. The number of aromatic nitrogens is 1. The molecule has 0 saturated carbocycles. The lowest BCUT2D eigenvalue weighted by molar-refractivity contribution is -0.135. The number of oxazole rings is 1. The fraction of sp³-hybridized carbons (Fsp3) is 0.478. The lowest BCUT2D eigenvalue weighted by Crippen LogP contribution is -2.54. The zero-order valence-electron chi connectivity index (χ0n) is 18.7. The first-order chi connectivity index (χ1) is 15.9. The summed E-state index contributed by atoms with van der Waals surface area (Å²) >= 11 is 6.17. The van der Waals surface area contributed by atoms with Crippen molar-refractivity contribution in [3.63, 3.8) is 0 Å². The number of aryl methyl sites for hydroxylation is 1. The van der Waals surface area contributed by atoms with Gasteiger partial charge in [0.1, 0.15) is 6.07 Å². The topological polar surface area (TPSA) is 96.9 Å². The summed E-state index contributed by atoms with van der Waals surface area (Å²) in [6.45, 7) is 6.94. The first-order valence-corrected chi connectivity index (χ1v) is 11.5. The normalized spacial score (nSPS) is 17.2. The van der Waals surface area contributed by atoms with Crippen LogP contribution in [0.15, 0.2) is 28.7 Å². The van der Waals surface area contributed by atoms with Gasteiger partial charge in [-0.1, -0.05) is 29.8 Å². The Labute approximate surface area is 198 Å². The van der Waals surface area contributed by atoms with Crippen molar-refractivity contribution in [3.05, 3.63) is 46.4 Å². The van der Waals surface area contributed by atoms with Crippen LogP contribution in [0.2, 0.25) is 5.02 Å². The lowest BCUT2D eigenvalue weighted by atomic mass is 10.1. The van der Waals surface area contributed by atoms with E-state index in [-0.39, 0.29) is 17.5 Å². The molecule has 2 saturated heterocycles. The first-order valence-electron chi connectivity index (χ1n) is 11.1. The lowest BCUT2D eigenvalue weighted by Gasteiger charge is -2.38. The molecule has 9 nitrogen and oxygen atoms in total. The summed E-state index contributed by atoms with van der Waals surface area (Å²) in [6, 6.07) is 9.46. The fourth-order valence-corrected chi connectivity index (χ4v) is 4.43. The van der Waals surface area contributed by atoms with Gasteiger partial charge in [-0.3, -0.25) is 14.5 Å². The van der Waals surface area contributed by atoms with E-state index in [1.54, 1.807) is 13.0 Å². The van der Waals surface area contributed by atoms with Gasteiger partial charge < -0.3 is 19.1 Å². The number of piperazine rings is 2. The predicted molar refractivity (Wildman–Crippen MR) is 123 cm³/mol. The van der Waals surface area contributed by atoms with Crippen LogP contribution < -0.4 is 4.90 Å². The minimum absolute atomic E-state index is 0.0598. The smallest absolute Gasteiger partial charge is 0.236 e. The van der Waals surface area contributed by atoms with Crippen molar-refractivity contribution in [1.82, 2.24) is 19.7 Å². The summed E-state index contributed by atoms with van der Waals surface area (Å²) in [5, 5.41) is 9.83. The minimum atomic E-state index is 0.0598. The monoisotopic (exact) mass is 470 g/mol. The first kappa shape index (κ1) is 23.1. The summed E-state index contributed by atoms with van der Waals surface area (Å²) in [5.41, 5.74) is 1.12. The van der Waals surface area contributed by atoms with Crippen LogP contribution in [0.4, 0.5) is 5.88 Å². The molecule has 1 aromatic heterocycles. The van der Waals surface area contributed by atoms with E-state index in [1.165, 1.54) is 0 Å². The Morgan fingerprint density at radius 2 is 1.67 bits per heavy atom. The molecule has 0 unspecified atom stereocenters.